The fourth-order valence-corrected chi connectivity index (χ4v) is 2.69. The van der Waals surface area contributed by atoms with Gasteiger partial charge in [-0.1, -0.05) is 0 Å². The molecule has 2 aromatic carbocycles. The molecule has 0 aliphatic heterocycles. The van der Waals surface area contributed by atoms with Gasteiger partial charge < -0.3 is 18.9 Å². The number of hydrogen-bond donors (Lipinski definition) is 0. The first-order chi connectivity index (χ1) is 14.3. The molecular weight excluding hydrogens is 394 g/mol. The van der Waals surface area contributed by atoms with Gasteiger partial charge in [-0.3, -0.25) is 14.9 Å². The Morgan fingerprint density at radius 3 is 2.20 bits per heavy atom. The molecule has 30 heavy (non-hydrogen) atoms. The Balaban J connectivity index is 2.25. The lowest BCUT2D eigenvalue weighted by Gasteiger charge is -2.15. The number of nitro benzene ring substituents is 1. The summed E-state index contributed by atoms with van der Waals surface area (Å²) in [5.41, 5.74) is -0.533. The highest BCUT2D eigenvalue weighted by Crippen LogP contribution is 2.35. The molecule has 160 valence electrons. The lowest BCUT2D eigenvalue weighted by atomic mass is 10.1. The van der Waals surface area contributed by atoms with E-state index in [2.05, 4.69) is 0 Å². The number of methoxy groups -OCH3 is 1. The van der Waals surface area contributed by atoms with Crippen molar-refractivity contribution >= 4 is 17.4 Å². The van der Waals surface area contributed by atoms with Crippen LogP contribution >= 0.6 is 0 Å². The van der Waals surface area contributed by atoms with E-state index in [0.29, 0.717) is 17.9 Å². The number of ether oxygens (including phenoxy) is 4. The molecule has 0 aromatic heterocycles. The molecule has 0 aliphatic rings. The smallest absolute Gasteiger partial charge is 0.346 e. The first kappa shape index (κ1) is 22.7. The third-order valence-corrected chi connectivity index (χ3v) is 4.10. The predicted octanol–water partition coefficient (Wildman–Crippen LogP) is 3.83. The quantitative estimate of drug-likeness (QED) is 0.248. The van der Waals surface area contributed by atoms with Crippen LogP contribution in [0.25, 0.3) is 0 Å². The average molecular weight is 417 g/mol. The second-order valence-electron chi connectivity index (χ2n) is 6.08. The van der Waals surface area contributed by atoms with Crippen LogP contribution in [0, 0.1) is 10.1 Å². The SMILES string of the molecule is CCOc1ccc(C(=O)[C@@H](C)OC(=O)c2cc(OCC)c(OC)cc2[N+](=O)[O-])cc1. The van der Waals surface area contributed by atoms with E-state index in [-0.39, 0.29) is 23.7 Å². The summed E-state index contributed by atoms with van der Waals surface area (Å²) in [5.74, 6) is -0.595. The Labute approximate surface area is 173 Å². The first-order valence-corrected chi connectivity index (χ1v) is 9.29. The Morgan fingerprint density at radius 2 is 1.67 bits per heavy atom. The van der Waals surface area contributed by atoms with E-state index < -0.39 is 28.5 Å². The highest BCUT2D eigenvalue weighted by molar-refractivity contribution is 6.02. The normalized spacial score (nSPS) is 11.3. The Hall–Kier alpha value is -3.62. The zero-order valence-electron chi connectivity index (χ0n) is 17.2. The summed E-state index contributed by atoms with van der Waals surface area (Å²) in [6.07, 6.45) is -1.16. The molecule has 2 aromatic rings. The fraction of sp³-hybridized carbons (Fsp3) is 0.333. The largest absolute Gasteiger partial charge is 0.494 e. The Kier molecular flexibility index (Phi) is 7.74. The monoisotopic (exact) mass is 417 g/mol. The zero-order chi connectivity index (χ0) is 22.3. The van der Waals surface area contributed by atoms with Crippen molar-refractivity contribution in [2.24, 2.45) is 0 Å². The number of carbonyl (C=O) groups is 2. The summed E-state index contributed by atoms with van der Waals surface area (Å²) in [6.45, 7) is 5.71. The van der Waals surface area contributed by atoms with Crippen molar-refractivity contribution in [3.8, 4) is 17.2 Å². The van der Waals surface area contributed by atoms with Crippen molar-refractivity contribution in [1.29, 1.82) is 0 Å². The lowest BCUT2D eigenvalue weighted by Crippen LogP contribution is -2.25. The summed E-state index contributed by atoms with van der Waals surface area (Å²) in [6, 6.07) is 8.64. The molecule has 1 atom stereocenters. The summed E-state index contributed by atoms with van der Waals surface area (Å²) >= 11 is 0. The molecule has 0 radical (unpaired) electrons. The number of nitrogens with zero attached hydrogens (tertiary/aromatic N) is 1. The van der Waals surface area contributed by atoms with Crippen LogP contribution in [0.15, 0.2) is 36.4 Å². The number of carbonyl (C=O) groups excluding carboxylic acids is 2. The summed E-state index contributed by atoms with van der Waals surface area (Å²) < 4.78 is 21.0. The molecule has 0 saturated heterocycles. The summed E-state index contributed by atoms with van der Waals surface area (Å²) in [7, 11) is 1.33. The van der Waals surface area contributed by atoms with Gasteiger partial charge in [-0.05, 0) is 45.0 Å². The molecule has 0 amide bonds. The van der Waals surface area contributed by atoms with Crippen LogP contribution < -0.4 is 14.2 Å². The lowest BCUT2D eigenvalue weighted by molar-refractivity contribution is -0.385. The van der Waals surface area contributed by atoms with Crippen LogP contribution in [0.4, 0.5) is 5.69 Å². The second-order valence-corrected chi connectivity index (χ2v) is 6.08. The van der Waals surface area contributed by atoms with Gasteiger partial charge >= 0.3 is 5.97 Å². The number of benzene rings is 2. The van der Waals surface area contributed by atoms with Gasteiger partial charge in [-0.15, -0.1) is 0 Å². The maximum Gasteiger partial charge on any atom is 0.346 e. The van der Waals surface area contributed by atoms with Crippen molar-refractivity contribution in [3.63, 3.8) is 0 Å². The molecule has 0 unspecified atom stereocenters. The number of hydrogen-bond acceptors (Lipinski definition) is 8. The topological polar surface area (TPSA) is 114 Å². The van der Waals surface area contributed by atoms with Gasteiger partial charge in [0.05, 0.1) is 31.3 Å². The summed E-state index contributed by atoms with van der Waals surface area (Å²) in [5, 5.41) is 11.4. The average Bonchev–Trinajstić information content (AvgIpc) is 2.73. The highest BCUT2D eigenvalue weighted by atomic mass is 16.6. The van der Waals surface area contributed by atoms with E-state index in [9.17, 15) is 19.7 Å². The van der Waals surface area contributed by atoms with Gasteiger partial charge in [0.1, 0.15) is 11.3 Å². The Bertz CT molecular complexity index is 923. The van der Waals surface area contributed by atoms with Gasteiger partial charge in [0, 0.05) is 11.6 Å². The molecule has 0 spiro atoms. The molecule has 0 aliphatic carbocycles. The number of nitro groups is 1. The number of rotatable bonds is 10. The molecule has 0 fully saturated rings. The van der Waals surface area contributed by atoms with Crippen molar-refractivity contribution in [3.05, 3.63) is 57.6 Å². The predicted molar refractivity (Wildman–Crippen MR) is 108 cm³/mol. The van der Waals surface area contributed by atoms with Gasteiger partial charge in [0.25, 0.3) is 5.69 Å². The third kappa shape index (κ3) is 5.25. The minimum atomic E-state index is -1.16. The first-order valence-electron chi connectivity index (χ1n) is 9.29. The standard InChI is InChI=1S/C21H23NO8/c1-5-28-15-9-7-14(8-10-15)20(23)13(3)30-21(24)16-11-19(29-6-2)18(27-4)12-17(16)22(25)26/h7-13H,5-6H2,1-4H3/t13-/m1/s1. The molecule has 0 N–H and O–H groups in total. The molecule has 0 bridgehead atoms. The van der Waals surface area contributed by atoms with Crippen LogP contribution in [-0.2, 0) is 4.74 Å². The van der Waals surface area contributed by atoms with E-state index in [1.54, 1.807) is 31.2 Å². The van der Waals surface area contributed by atoms with E-state index in [1.165, 1.54) is 20.1 Å². The minimum Gasteiger partial charge on any atom is -0.494 e. The number of ketones is 1. The van der Waals surface area contributed by atoms with Crippen molar-refractivity contribution in [2.75, 3.05) is 20.3 Å². The van der Waals surface area contributed by atoms with Crippen molar-refractivity contribution < 1.29 is 33.5 Å². The van der Waals surface area contributed by atoms with E-state index in [1.807, 2.05) is 6.92 Å². The molecule has 0 saturated carbocycles. The zero-order valence-corrected chi connectivity index (χ0v) is 17.2. The summed E-state index contributed by atoms with van der Waals surface area (Å²) in [4.78, 5) is 35.9. The van der Waals surface area contributed by atoms with Crippen LogP contribution in [0.2, 0.25) is 0 Å². The number of esters is 1. The van der Waals surface area contributed by atoms with Crippen LogP contribution in [0.1, 0.15) is 41.5 Å². The number of Topliss-reactive ketones (excluding diaryl/α,β-unsaturated/α-hetero) is 1. The van der Waals surface area contributed by atoms with Gasteiger partial charge in [-0.2, -0.15) is 0 Å². The molecule has 9 heteroatoms. The van der Waals surface area contributed by atoms with E-state index >= 15 is 0 Å². The van der Waals surface area contributed by atoms with Crippen LogP contribution in [0.5, 0.6) is 17.2 Å². The van der Waals surface area contributed by atoms with E-state index in [4.69, 9.17) is 18.9 Å². The maximum atomic E-state index is 12.6. The van der Waals surface area contributed by atoms with Crippen molar-refractivity contribution in [2.45, 2.75) is 26.9 Å². The van der Waals surface area contributed by atoms with Gasteiger partial charge in [-0.25, -0.2) is 4.79 Å². The van der Waals surface area contributed by atoms with Crippen molar-refractivity contribution in [1.82, 2.24) is 0 Å². The van der Waals surface area contributed by atoms with Gasteiger partial charge in [0.2, 0.25) is 5.78 Å². The molecule has 0 heterocycles. The fourth-order valence-electron chi connectivity index (χ4n) is 2.69. The van der Waals surface area contributed by atoms with E-state index in [0.717, 1.165) is 6.07 Å². The maximum absolute atomic E-state index is 12.6. The molecule has 9 nitrogen and oxygen atoms in total. The minimum absolute atomic E-state index is 0.110. The highest BCUT2D eigenvalue weighted by Gasteiger charge is 2.28. The third-order valence-electron chi connectivity index (χ3n) is 4.10. The molecule has 2 rings (SSSR count). The Morgan fingerprint density at radius 1 is 1.03 bits per heavy atom. The van der Waals surface area contributed by atoms with Gasteiger partial charge in [0.15, 0.2) is 17.6 Å². The van der Waals surface area contributed by atoms with Crippen LogP contribution in [-0.4, -0.2) is 43.1 Å². The second kappa shape index (κ2) is 10.2. The van der Waals surface area contributed by atoms with Crippen LogP contribution in [0.3, 0.4) is 0 Å². The molecular formula is C21H23NO8.